The van der Waals surface area contributed by atoms with Crippen LogP contribution in [-0.4, -0.2) is 23.2 Å². The molecule has 0 spiro atoms. The lowest BCUT2D eigenvalue weighted by atomic mass is 10.1. The standard InChI is InChI=1S/C15H17N3O4/c1-15(2,3)22-14(19)17-8-4-5-12-7-6-11(10-16)9-13(12)18(20)21/h4-7,9H,8H2,1-3H3,(H,17,19). The van der Waals surface area contributed by atoms with Crippen LogP contribution in [0.3, 0.4) is 0 Å². The Hall–Kier alpha value is -2.88. The number of ether oxygens (including phenoxy) is 1. The monoisotopic (exact) mass is 303 g/mol. The van der Waals surface area contributed by atoms with Crippen LogP contribution in [0.25, 0.3) is 6.08 Å². The molecule has 0 unspecified atom stereocenters. The summed E-state index contributed by atoms with van der Waals surface area (Å²) in [6.07, 6.45) is 2.51. The fourth-order valence-corrected chi connectivity index (χ4v) is 1.55. The van der Waals surface area contributed by atoms with Gasteiger partial charge in [0.15, 0.2) is 0 Å². The van der Waals surface area contributed by atoms with Gasteiger partial charge in [0, 0.05) is 12.6 Å². The fraction of sp³-hybridized carbons (Fsp3) is 0.333. The molecule has 0 saturated carbocycles. The van der Waals surface area contributed by atoms with Crippen molar-refractivity contribution in [3.05, 3.63) is 45.5 Å². The van der Waals surface area contributed by atoms with Crippen LogP contribution in [0.15, 0.2) is 24.3 Å². The number of carbonyl (C=O) groups is 1. The number of carbonyl (C=O) groups excluding carboxylic acids is 1. The van der Waals surface area contributed by atoms with E-state index in [-0.39, 0.29) is 17.8 Å². The van der Waals surface area contributed by atoms with E-state index in [1.807, 2.05) is 6.07 Å². The second kappa shape index (κ2) is 7.22. The van der Waals surface area contributed by atoms with Crippen LogP contribution in [0.4, 0.5) is 10.5 Å². The number of nitrogens with one attached hydrogen (secondary N) is 1. The van der Waals surface area contributed by atoms with Crippen molar-refractivity contribution in [3.63, 3.8) is 0 Å². The highest BCUT2D eigenvalue weighted by atomic mass is 16.6. The summed E-state index contributed by atoms with van der Waals surface area (Å²) in [6, 6.07) is 6.04. The van der Waals surface area contributed by atoms with E-state index in [1.165, 1.54) is 24.3 Å². The molecule has 1 N–H and O–H groups in total. The highest BCUT2D eigenvalue weighted by Gasteiger charge is 2.15. The average Bonchev–Trinajstić information content (AvgIpc) is 2.41. The molecule has 22 heavy (non-hydrogen) atoms. The van der Waals surface area contributed by atoms with E-state index in [0.29, 0.717) is 5.56 Å². The topological polar surface area (TPSA) is 105 Å². The summed E-state index contributed by atoms with van der Waals surface area (Å²) in [4.78, 5) is 21.8. The number of benzene rings is 1. The summed E-state index contributed by atoms with van der Waals surface area (Å²) in [5.74, 6) is 0. The molecule has 1 aromatic rings. The molecule has 0 saturated heterocycles. The first-order valence-corrected chi connectivity index (χ1v) is 6.55. The van der Waals surface area contributed by atoms with Crippen LogP contribution in [0.5, 0.6) is 0 Å². The van der Waals surface area contributed by atoms with Crippen molar-refractivity contribution in [2.75, 3.05) is 6.54 Å². The molecule has 1 rings (SSSR count). The maximum Gasteiger partial charge on any atom is 0.407 e. The number of hydrogen-bond acceptors (Lipinski definition) is 5. The van der Waals surface area contributed by atoms with Crippen molar-refractivity contribution in [2.24, 2.45) is 0 Å². The molecule has 0 aromatic heterocycles. The zero-order chi connectivity index (χ0) is 16.8. The van der Waals surface area contributed by atoms with E-state index in [2.05, 4.69) is 5.32 Å². The number of alkyl carbamates (subject to hydrolysis) is 1. The SMILES string of the molecule is CC(C)(C)OC(=O)NCC=Cc1ccc(C#N)cc1[N+](=O)[O-]. The Morgan fingerprint density at radius 1 is 1.50 bits per heavy atom. The molecule has 0 bridgehead atoms. The van der Waals surface area contributed by atoms with Gasteiger partial charge in [-0.3, -0.25) is 10.1 Å². The molecule has 0 fully saturated rings. The lowest BCUT2D eigenvalue weighted by Crippen LogP contribution is -2.32. The van der Waals surface area contributed by atoms with E-state index in [1.54, 1.807) is 26.8 Å². The van der Waals surface area contributed by atoms with Gasteiger partial charge in [0.1, 0.15) is 5.60 Å². The van der Waals surface area contributed by atoms with Crippen molar-refractivity contribution < 1.29 is 14.5 Å². The molecule has 1 amide bonds. The second-order valence-corrected chi connectivity index (χ2v) is 5.43. The third kappa shape index (κ3) is 5.63. The summed E-state index contributed by atoms with van der Waals surface area (Å²) in [5, 5.41) is 22.2. The molecule has 0 aliphatic rings. The summed E-state index contributed by atoms with van der Waals surface area (Å²) in [6.45, 7) is 5.43. The summed E-state index contributed by atoms with van der Waals surface area (Å²) < 4.78 is 5.05. The van der Waals surface area contributed by atoms with Gasteiger partial charge in [-0.05, 0) is 32.9 Å². The zero-order valence-corrected chi connectivity index (χ0v) is 12.6. The Balaban J connectivity index is 2.69. The van der Waals surface area contributed by atoms with Crippen molar-refractivity contribution in [3.8, 4) is 6.07 Å². The molecule has 7 heteroatoms. The van der Waals surface area contributed by atoms with E-state index in [4.69, 9.17) is 10.00 Å². The minimum Gasteiger partial charge on any atom is -0.444 e. The molecule has 0 radical (unpaired) electrons. The quantitative estimate of drug-likeness (QED) is 0.680. The smallest absolute Gasteiger partial charge is 0.407 e. The van der Waals surface area contributed by atoms with E-state index in [0.717, 1.165) is 0 Å². The molecule has 1 aromatic carbocycles. The summed E-state index contributed by atoms with van der Waals surface area (Å²) in [5.41, 5.74) is -0.169. The van der Waals surface area contributed by atoms with Gasteiger partial charge in [-0.15, -0.1) is 0 Å². The van der Waals surface area contributed by atoms with E-state index in [9.17, 15) is 14.9 Å². The molecular formula is C15H17N3O4. The van der Waals surface area contributed by atoms with Gasteiger partial charge in [-0.25, -0.2) is 4.79 Å². The molecule has 0 aliphatic heterocycles. The van der Waals surface area contributed by atoms with Crippen LogP contribution in [0.1, 0.15) is 31.9 Å². The Morgan fingerprint density at radius 3 is 2.73 bits per heavy atom. The Labute approximate surface area is 128 Å². The average molecular weight is 303 g/mol. The van der Waals surface area contributed by atoms with Crippen molar-refractivity contribution in [2.45, 2.75) is 26.4 Å². The van der Waals surface area contributed by atoms with Crippen LogP contribution >= 0.6 is 0 Å². The number of nitro benzene ring substituents is 1. The third-order valence-corrected chi connectivity index (χ3v) is 2.42. The van der Waals surface area contributed by atoms with Crippen LogP contribution in [0.2, 0.25) is 0 Å². The number of nitriles is 1. The van der Waals surface area contributed by atoms with Gasteiger partial charge in [0.2, 0.25) is 0 Å². The van der Waals surface area contributed by atoms with Crippen LogP contribution < -0.4 is 5.32 Å². The normalized spacial score (nSPS) is 11.0. The van der Waals surface area contributed by atoms with Gasteiger partial charge < -0.3 is 10.1 Å². The fourth-order valence-electron chi connectivity index (χ4n) is 1.55. The highest BCUT2D eigenvalue weighted by molar-refractivity contribution is 5.68. The highest BCUT2D eigenvalue weighted by Crippen LogP contribution is 2.21. The first kappa shape index (κ1) is 17.2. The number of hydrogen-bond donors (Lipinski definition) is 1. The van der Waals surface area contributed by atoms with Crippen molar-refractivity contribution >= 4 is 17.9 Å². The maximum absolute atomic E-state index is 11.4. The van der Waals surface area contributed by atoms with Crippen LogP contribution in [0, 0.1) is 21.4 Å². The number of rotatable bonds is 4. The largest absolute Gasteiger partial charge is 0.444 e. The van der Waals surface area contributed by atoms with E-state index < -0.39 is 16.6 Å². The molecule has 0 atom stereocenters. The Morgan fingerprint density at radius 2 is 2.18 bits per heavy atom. The first-order chi connectivity index (χ1) is 10.2. The van der Waals surface area contributed by atoms with Crippen molar-refractivity contribution in [1.82, 2.24) is 5.32 Å². The number of nitro groups is 1. The minimum atomic E-state index is -0.584. The predicted octanol–water partition coefficient (Wildman–Crippen LogP) is 3.00. The molecule has 116 valence electrons. The Bertz CT molecular complexity index is 639. The van der Waals surface area contributed by atoms with E-state index >= 15 is 0 Å². The third-order valence-electron chi connectivity index (χ3n) is 2.42. The minimum absolute atomic E-state index is 0.160. The molecule has 0 aliphatic carbocycles. The van der Waals surface area contributed by atoms with Gasteiger partial charge >= 0.3 is 6.09 Å². The second-order valence-electron chi connectivity index (χ2n) is 5.43. The maximum atomic E-state index is 11.4. The first-order valence-electron chi connectivity index (χ1n) is 6.55. The molecule has 7 nitrogen and oxygen atoms in total. The number of nitrogens with zero attached hydrogens (tertiary/aromatic N) is 2. The summed E-state index contributed by atoms with van der Waals surface area (Å²) >= 11 is 0. The van der Waals surface area contributed by atoms with Gasteiger partial charge in [-0.1, -0.05) is 12.2 Å². The van der Waals surface area contributed by atoms with Gasteiger partial charge in [0.05, 0.1) is 22.1 Å². The summed E-state index contributed by atoms with van der Waals surface area (Å²) in [7, 11) is 0. The lowest BCUT2D eigenvalue weighted by Gasteiger charge is -2.19. The van der Waals surface area contributed by atoms with Gasteiger partial charge in [-0.2, -0.15) is 5.26 Å². The Kier molecular flexibility index (Phi) is 5.64. The molecular weight excluding hydrogens is 286 g/mol. The lowest BCUT2D eigenvalue weighted by molar-refractivity contribution is -0.385. The van der Waals surface area contributed by atoms with Crippen molar-refractivity contribution in [1.29, 1.82) is 5.26 Å². The zero-order valence-electron chi connectivity index (χ0n) is 12.6. The van der Waals surface area contributed by atoms with Gasteiger partial charge in [0.25, 0.3) is 5.69 Å². The van der Waals surface area contributed by atoms with Crippen LogP contribution in [-0.2, 0) is 4.74 Å². The molecule has 0 heterocycles. The predicted molar refractivity (Wildman–Crippen MR) is 81.1 cm³/mol. The number of amides is 1.